The number of fused-ring (bicyclic) bond motifs is 1. The second-order valence-corrected chi connectivity index (χ2v) is 8.33. The molecule has 0 saturated heterocycles. The first kappa shape index (κ1) is 22.5. The van der Waals surface area contributed by atoms with Gasteiger partial charge < -0.3 is 13.9 Å². The number of furan rings is 1. The number of hydrogen-bond acceptors (Lipinski definition) is 9. The molecule has 10 nitrogen and oxygen atoms in total. The molecule has 11 heteroatoms. The summed E-state index contributed by atoms with van der Waals surface area (Å²) in [5, 5.41) is 8.60. The molecule has 3 heterocycles. The molecule has 1 N–H and O–H groups in total. The average molecular weight is 492 g/mol. The summed E-state index contributed by atoms with van der Waals surface area (Å²) in [6.07, 6.45) is 1.55. The minimum atomic E-state index is -0.284. The van der Waals surface area contributed by atoms with Gasteiger partial charge in [-0.2, -0.15) is 0 Å². The van der Waals surface area contributed by atoms with Gasteiger partial charge in [0.15, 0.2) is 5.76 Å². The van der Waals surface area contributed by atoms with Crippen LogP contribution in [0, 0.1) is 0 Å². The maximum Gasteiger partial charge on any atom is 0.261 e. The zero-order valence-corrected chi connectivity index (χ0v) is 19.7. The van der Waals surface area contributed by atoms with E-state index in [4.69, 9.17) is 13.9 Å². The van der Waals surface area contributed by atoms with Crippen LogP contribution in [-0.2, 0) is 0 Å². The molecular formula is C24H21N5O5S. The van der Waals surface area contributed by atoms with Gasteiger partial charge in [0.05, 0.1) is 31.6 Å². The number of anilines is 1. The standard InChI is InChI=1S/C24H21N5O5S/c1-32-17-9-5-10-18(33-2)20(17)29-21(19-11-6-13-34-19)25-26-24(29)27-35-14-12-28-22(30)15-7-3-4-8-16(15)23(28)31/h3-11,13H,12,14H2,1-2H3,(H,26,27). The van der Waals surface area contributed by atoms with Gasteiger partial charge in [-0.1, -0.05) is 18.2 Å². The van der Waals surface area contributed by atoms with E-state index in [1.54, 1.807) is 61.4 Å². The molecule has 2 amide bonds. The third kappa shape index (κ3) is 3.99. The summed E-state index contributed by atoms with van der Waals surface area (Å²) >= 11 is 1.29. The van der Waals surface area contributed by atoms with Crippen molar-refractivity contribution in [3.63, 3.8) is 0 Å². The number of imide groups is 1. The van der Waals surface area contributed by atoms with Gasteiger partial charge in [0.2, 0.25) is 11.8 Å². The van der Waals surface area contributed by atoms with Gasteiger partial charge in [-0.05, 0) is 48.3 Å². The van der Waals surface area contributed by atoms with Crippen LogP contribution in [0.5, 0.6) is 11.5 Å². The molecule has 0 saturated carbocycles. The molecule has 0 atom stereocenters. The smallest absolute Gasteiger partial charge is 0.261 e. The number of carbonyl (C=O) groups excluding carboxylic acids is 2. The highest BCUT2D eigenvalue weighted by atomic mass is 32.2. The lowest BCUT2D eigenvalue weighted by atomic mass is 10.1. The fourth-order valence-corrected chi connectivity index (χ4v) is 4.51. The minimum absolute atomic E-state index is 0.237. The number of benzene rings is 2. The van der Waals surface area contributed by atoms with E-state index in [-0.39, 0.29) is 18.4 Å². The highest BCUT2D eigenvalue weighted by molar-refractivity contribution is 8.00. The van der Waals surface area contributed by atoms with Gasteiger partial charge in [-0.3, -0.25) is 23.8 Å². The normalized spacial score (nSPS) is 12.7. The van der Waals surface area contributed by atoms with Crippen molar-refractivity contribution in [2.24, 2.45) is 0 Å². The molecule has 35 heavy (non-hydrogen) atoms. The maximum atomic E-state index is 12.6. The van der Waals surface area contributed by atoms with E-state index in [2.05, 4.69) is 14.9 Å². The fraction of sp³-hybridized carbons (Fsp3) is 0.167. The highest BCUT2D eigenvalue weighted by Gasteiger charge is 2.34. The lowest BCUT2D eigenvalue weighted by Crippen LogP contribution is -2.32. The van der Waals surface area contributed by atoms with Crippen LogP contribution in [0.25, 0.3) is 17.3 Å². The quantitative estimate of drug-likeness (QED) is 0.212. The zero-order valence-electron chi connectivity index (χ0n) is 18.9. The second-order valence-electron chi connectivity index (χ2n) is 7.43. The molecule has 0 unspecified atom stereocenters. The van der Waals surface area contributed by atoms with Crippen LogP contribution in [0.4, 0.5) is 5.95 Å². The molecule has 0 bridgehead atoms. The minimum Gasteiger partial charge on any atom is -0.494 e. The highest BCUT2D eigenvalue weighted by Crippen LogP contribution is 2.38. The van der Waals surface area contributed by atoms with Gasteiger partial charge in [0, 0.05) is 12.3 Å². The number of para-hydroxylation sites is 1. The van der Waals surface area contributed by atoms with Crippen LogP contribution in [0.3, 0.4) is 0 Å². The Bertz CT molecular complexity index is 1330. The van der Waals surface area contributed by atoms with Crippen molar-refractivity contribution in [1.82, 2.24) is 19.7 Å². The fourth-order valence-electron chi connectivity index (χ4n) is 3.87. The maximum absolute atomic E-state index is 12.6. The topological polar surface area (TPSA) is 112 Å². The van der Waals surface area contributed by atoms with Crippen LogP contribution in [0.1, 0.15) is 20.7 Å². The van der Waals surface area contributed by atoms with E-state index in [1.165, 1.54) is 16.8 Å². The van der Waals surface area contributed by atoms with Gasteiger partial charge in [-0.15, -0.1) is 10.2 Å². The lowest BCUT2D eigenvalue weighted by Gasteiger charge is -2.17. The van der Waals surface area contributed by atoms with Crippen molar-refractivity contribution in [2.75, 3.05) is 31.2 Å². The molecule has 1 aliphatic rings. The number of rotatable bonds is 9. The molecule has 0 radical (unpaired) electrons. The van der Waals surface area contributed by atoms with Crippen LogP contribution >= 0.6 is 11.9 Å². The summed E-state index contributed by atoms with van der Waals surface area (Å²) in [4.78, 5) is 26.4. The SMILES string of the molecule is COc1cccc(OC)c1-n1c(NSCCN2C(=O)c3ccccc3C2=O)nnc1-c1ccco1. The van der Waals surface area contributed by atoms with Gasteiger partial charge >= 0.3 is 0 Å². The number of aromatic nitrogens is 3. The van der Waals surface area contributed by atoms with Crippen molar-refractivity contribution in [3.8, 4) is 28.8 Å². The number of amides is 2. The Morgan fingerprint density at radius 2 is 1.60 bits per heavy atom. The van der Waals surface area contributed by atoms with Crippen molar-refractivity contribution < 1.29 is 23.5 Å². The van der Waals surface area contributed by atoms with Crippen molar-refractivity contribution >= 4 is 29.7 Å². The van der Waals surface area contributed by atoms with Crippen LogP contribution in [0.15, 0.2) is 65.3 Å². The molecule has 0 fully saturated rings. The van der Waals surface area contributed by atoms with Crippen LogP contribution in [0.2, 0.25) is 0 Å². The summed E-state index contributed by atoms with van der Waals surface area (Å²) < 4.78 is 21.7. The largest absolute Gasteiger partial charge is 0.494 e. The third-order valence-electron chi connectivity index (χ3n) is 5.49. The molecule has 1 aliphatic heterocycles. The molecule has 178 valence electrons. The molecule has 2 aromatic carbocycles. The van der Waals surface area contributed by atoms with Gasteiger partial charge in [-0.25, -0.2) is 0 Å². The molecular weight excluding hydrogens is 470 g/mol. The Morgan fingerprint density at radius 1 is 0.914 bits per heavy atom. The Kier molecular flexibility index (Phi) is 6.15. The summed E-state index contributed by atoms with van der Waals surface area (Å²) in [6.45, 7) is 0.237. The zero-order chi connectivity index (χ0) is 24.4. The molecule has 0 spiro atoms. The first-order chi connectivity index (χ1) is 17.1. The molecule has 5 rings (SSSR count). The monoisotopic (exact) mass is 491 g/mol. The van der Waals surface area contributed by atoms with Gasteiger partial charge in [0.1, 0.15) is 17.2 Å². The molecule has 4 aromatic rings. The van der Waals surface area contributed by atoms with Crippen molar-refractivity contribution in [3.05, 3.63) is 72.0 Å². The third-order valence-corrected chi connectivity index (χ3v) is 6.20. The van der Waals surface area contributed by atoms with Crippen molar-refractivity contribution in [1.29, 1.82) is 0 Å². The Morgan fingerprint density at radius 3 is 2.20 bits per heavy atom. The number of nitrogens with one attached hydrogen (secondary N) is 1. The summed E-state index contributed by atoms with van der Waals surface area (Å²) in [5.41, 5.74) is 1.46. The predicted octanol–water partition coefficient (Wildman–Crippen LogP) is 3.90. The van der Waals surface area contributed by atoms with Crippen molar-refractivity contribution in [2.45, 2.75) is 0 Å². The van der Waals surface area contributed by atoms with E-state index >= 15 is 0 Å². The van der Waals surface area contributed by atoms with E-state index in [1.807, 2.05) is 18.2 Å². The van der Waals surface area contributed by atoms with E-state index in [0.717, 1.165) is 0 Å². The molecule has 0 aliphatic carbocycles. The number of nitrogens with zero attached hydrogens (tertiary/aromatic N) is 4. The first-order valence-corrected chi connectivity index (χ1v) is 11.7. The second kappa shape index (κ2) is 9.55. The van der Waals surface area contributed by atoms with Crippen LogP contribution < -0.4 is 14.2 Å². The number of methoxy groups -OCH3 is 2. The Balaban J connectivity index is 1.38. The number of hydrogen-bond donors (Lipinski definition) is 1. The first-order valence-electron chi connectivity index (χ1n) is 10.7. The van der Waals surface area contributed by atoms with Crippen LogP contribution in [-0.4, -0.2) is 58.0 Å². The predicted molar refractivity (Wildman–Crippen MR) is 130 cm³/mol. The summed E-state index contributed by atoms with van der Waals surface area (Å²) in [6, 6.07) is 15.8. The molecule has 2 aromatic heterocycles. The lowest BCUT2D eigenvalue weighted by molar-refractivity contribution is 0.0664. The van der Waals surface area contributed by atoms with E-state index < -0.39 is 0 Å². The summed E-state index contributed by atoms with van der Waals surface area (Å²) in [7, 11) is 3.14. The average Bonchev–Trinajstić information content (AvgIpc) is 3.62. The van der Waals surface area contributed by atoms with E-state index in [9.17, 15) is 9.59 Å². The van der Waals surface area contributed by atoms with E-state index in [0.29, 0.717) is 51.6 Å². The van der Waals surface area contributed by atoms with Gasteiger partial charge in [0.25, 0.3) is 11.8 Å². The Hall–Kier alpha value is -4.25. The number of carbonyl (C=O) groups is 2. The summed E-state index contributed by atoms with van der Waals surface area (Å²) in [5.74, 6) is 2.31. The Labute approximate surface area is 205 Å². The number of ether oxygens (including phenoxy) is 2.